The minimum absolute atomic E-state index is 0.00622. The Balaban J connectivity index is 1.77. The van der Waals surface area contributed by atoms with E-state index in [0.29, 0.717) is 18.9 Å². The summed E-state index contributed by atoms with van der Waals surface area (Å²) in [6, 6.07) is 12.2. The fraction of sp³-hybridized carbons (Fsp3) is 0.348. The van der Waals surface area contributed by atoms with Gasteiger partial charge in [0.25, 0.3) is 0 Å². The van der Waals surface area contributed by atoms with Gasteiger partial charge in [-0.05, 0) is 49.9 Å². The van der Waals surface area contributed by atoms with Crippen LogP contribution in [0.3, 0.4) is 0 Å². The van der Waals surface area contributed by atoms with Crippen molar-refractivity contribution in [2.24, 2.45) is 0 Å². The second kappa shape index (κ2) is 8.18. The maximum Gasteiger partial charge on any atom is 0.407 e. The summed E-state index contributed by atoms with van der Waals surface area (Å²) in [6.45, 7) is 5.09. The van der Waals surface area contributed by atoms with Crippen LogP contribution in [0.5, 0.6) is 5.75 Å². The summed E-state index contributed by atoms with van der Waals surface area (Å²) in [4.78, 5) is 12.8. The maximum absolute atomic E-state index is 11.4. The van der Waals surface area contributed by atoms with E-state index in [9.17, 15) is 9.90 Å². The molecule has 1 atom stereocenters. The highest BCUT2D eigenvalue weighted by Gasteiger charge is 2.25. The van der Waals surface area contributed by atoms with Crippen molar-refractivity contribution in [3.05, 3.63) is 47.5 Å². The lowest BCUT2D eigenvalue weighted by molar-refractivity contribution is 0.133. The number of piperidine rings is 1. The standard InChI is InChI=1S/C23H26N4O3/c1-14-9-10-17(19(12-14)30-3)21-18-8-4-6-15(2)20(18)22(26-25-21)24-16-7-5-11-27(13-16)23(28)29/h4,6,8-10,12,16H,5,7,11,13H2,1-3H3,(H,24,26)(H,28,29)/t16-/m1/s1. The van der Waals surface area contributed by atoms with Gasteiger partial charge < -0.3 is 20.1 Å². The number of hydrogen-bond acceptors (Lipinski definition) is 5. The molecule has 3 aromatic rings. The number of methoxy groups -OCH3 is 1. The summed E-state index contributed by atoms with van der Waals surface area (Å²) in [6.07, 6.45) is 0.842. The second-order valence-corrected chi connectivity index (χ2v) is 7.81. The third kappa shape index (κ3) is 3.75. The number of aromatic nitrogens is 2. The van der Waals surface area contributed by atoms with Crippen LogP contribution in [-0.2, 0) is 0 Å². The molecule has 2 N–H and O–H groups in total. The zero-order chi connectivity index (χ0) is 21.3. The number of nitrogens with one attached hydrogen (secondary N) is 1. The molecule has 0 aliphatic carbocycles. The van der Waals surface area contributed by atoms with Crippen molar-refractivity contribution in [2.75, 3.05) is 25.5 Å². The zero-order valence-corrected chi connectivity index (χ0v) is 17.5. The number of carboxylic acid groups (broad SMARTS) is 1. The van der Waals surface area contributed by atoms with Gasteiger partial charge in [0.1, 0.15) is 11.4 Å². The van der Waals surface area contributed by atoms with Crippen molar-refractivity contribution < 1.29 is 14.6 Å². The number of likely N-dealkylation sites (tertiary alicyclic amines) is 1. The normalized spacial score (nSPS) is 16.5. The minimum Gasteiger partial charge on any atom is -0.496 e. The number of aryl methyl sites for hydroxylation is 2. The smallest absolute Gasteiger partial charge is 0.407 e. The van der Waals surface area contributed by atoms with Crippen LogP contribution >= 0.6 is 0 Å². The van der Waals surface area contributed by atoms with E-state index in [1.54, 1.807) is 7.11 Å². The first kappa shape index (κ1) is 19.9. The van der Waals surface area contributed by atoms with Crippen LogP contribution in [0.25, 0.3) is 22.0 Å². The van der Waals surface area contributed by atoms with E-state index in [-0.39, 0.29) is 6.04 Å². The number of hydrogen-bond donors (Lipinski definition) is 2. The molecule has 0 spiro atoms. The van der Waals surface area contributed by atoms with Gasteiger partial charge in [-0.15, -0.1) is 10.2 Å². The minimum atomic E-state index is -0.879. The van der Waals surface area contributed by atoms with E-state index in [1.807, 2.05) is 37.3 Å². The van der Waals surface area contributed by atoms with E-state index >= 15 is 0 Å². The number of carbonyl (C=O) groups is 1. The van der Waals surface area contributed by atoms with Crippen LogP contribution in [0.1, 0.15) is 24.0 Å². The summed E-state index contributed by atoms with van der Waals surface area (Å²) in [5.74, 6) is 1.45. The molecule has 30 heavy (non-hydrogen) atoms. The predicted molar refractivity (Wildman–Crippen MR) is 117 cm³/mol. The van der Waals surface area contributed by atoms with Gasteiger partial charge in [0, 0.05) is 35.5 Å². The molecule has 0 unspecified atom stereocenters. The van der Waals surface area contributed by atoms with Crippen molar-refractivity contribution in [3.63, 3.8) is 0 Å². The summed E-state index contributed by atoms with van der Waals surface area (Å²) < 4.78 is 5.60. The summed E-state index contributed by atoms with van der Waals surface area (Å²) >= 11 is 0. The van der Waals surface area contributed by atoms with Gasteiger partial charge in [-0.2, -0.15) is 0 Å². The molecule has 2 heterocycles. The first-order valence-electron chi connectivity index (χ1n) is 10.1. The van der Waals surface area contributed by atoms with Crippen LogP contribution in [-0.4, -0.2) is 52.5 Å². The molecule has 7 nitrogen and oxygen atoms in total. The highest BCUT2D eigenvalue weighted by molar-refractivity contribution is 6.02. The molecule has 1 amide bonds. The largest absolute Gasteiger partial charge is 0.496 e. The summed E-state index contributed by atoms with van der Waals surface area (Å²) in [7, 11) is 1.66. The lowest BCUT2D eigenvalue weighted by atomic mass is 9.99. The molecule has 0 bridgehead atoms. The number of nitrogens with zero attached hydrogens (tertiary/aromatic N) is 3. The highest BCUT2D eigenvalue weighted by atomic mass is 16.5. The predicted octanol–water partition coefficient (Wildman–Crippen LogP) is 4.48. The van der Waals surface area contributed by atoms with Gasteiger partial charge in [0.05, 0.1) is 7.11 Å². The van der Waals surface area contributed by atoms with Crippen molar-refractivity contribution in [3.8, 4) is 17.0 Å². The highest BCUT2D eigenvalue weighted by Crippen LogP contribution is 2.37. The third-order valence-corrected chi connectivity index (χ3v) is 5.66. The monoisotopic (exact) mass is 406 g/mol. The molecule has 2 aromatic carbocycles. The van der Waals surface area contributed by atoms with E-state index < -0.39 is 6.09 Å². The molecule has 1 fully saturated rings. The molecule has 0 saturated carbocycles. The summed E-state index contributed by atoms with van der Waals surface area (Å²) in [5.41, 5.74) is 3.87. The van der Waals surface area contributed by atoms with Gasteiger partial charge in [-0.25, -0.2) is 4.79 Å². The average Bonchev–Trinajstić information content (AvgIpc) is 2.74. The molecule has 1 aliphatic rings. The molecule has 1 aliphatic heterocycles. The van der Waals surface area contributed by atoms with Crippen molar-refractivity contribution in [1.29, 1.82) is 0 Å². The van der Waals surface area contributed by atoms with Gasteiger partial charge >= 0.3 is 6.09 Å². The molecule has 4 rings (SSSR count). The average molecular weight is 406 g/mol. The lowest BCUT2D eigenvalue weighted by Crippen LogP contribution is -2.44. The number of anilines is 1. The Labute approximate surface area is 175 Å². The number of rotatable bonds is 4. The van der Waals surface area contributed by atoms with E-state index in [2.05, 4.69) is 28.5 Å². The van der Waals surface area contributed by atoms with E-state index in [4.69, 9.17) is 4.74 Å². The molecule has 0 radical (unpaired) electrons. The SMILES string of the molecule is COc1cc(C)ccc1-c1nnc(N[C@@H]2CCCN(C(=O)O)C2)c2c(C)cccc12. The van der Waals surface area contributed by atoms with Crippen LogP contribution < -0.4 is 10.1 Å². The molecular weight excluding hydrogens is 380 g/mol. The van der Waals surface area contributed by atoms with Crippen LogP contribution in [0.2, 0.25) is 0 Å². The molecular formula is C23H26N4O3. The van der Waals surface area contributed by atoms with Crippen LogP contribution in [0, 0.1) is 13.8 Å². The Morgan fingerprint density at radius 1 is 1.23 bits per heavy atom. The van der Waals surface area contributed by atoms with Gasteiger partial charge in [0.15, 0.2) is 5.82 Å². The summed E-state index contributed by atoms with van der Waals surface area (Å²) in [5, 5.41) is 23.8. The number of ether oxygens (including phenoxy) is 1. The van der Waals surface area contributed by atoms with E-state index in [0.717, 1.165) is 51.7 Å². The molecule has 1 aromatic heterocycles. The molecule has 156 valence electrons. The topological polar surface area (TPSA) is 87.6 Å². The number of benzene rings is 2. The Morgan fingerprint density at radius 2 is 2.07 bits per heavy atom. The van der Waals surface area contributed by atoms with E-state index in [1.165, 1.54) is 4.90 Å². The maximum atomic E-state index is 11.4. The van der Waals surface area contributed by atoms with Crippen molar-refractivity contribution in [2.45, 2.75) is 32.7 Å². The van der Waals surface area contributed by atoms with Gasteiger partial charge in [0.2, 0.25) is 0 Å². The number of fused-ring (bicyclic) bond motifs is 1. The first-order chi connectivity index (χ1) is 14.5. The lowest BCUT2D eigenvalue weighted by Gasteiger charge is -2.31. The first-order valence-corrected chi connectivity index (χ1v) is 10.1. The van der Waals surface area contributed by atoms with Crippen LogP contribution in [0.4, 0.5) is 10.6 Å². The Hall–Kier alpha value is -3.35. The third-order valence-electron chi connectivity index (χ3n) is 5.66. The zero-order valence-electron chi connectivity index (χ0n) is 17.5. The Kier molecular flexibility index (Phi) is 5.44. The number of amides is 1. The van der Waals surface area contributed by atoms with Gasteiger partial charge in [-0.3, -0.25) is 0 Å². The molecule has 7 heteroatoms. The van der Waals surface area contributed by atoms with Crippen molar-refractivity contribution >= 4 is 22.7 Å². The molecule has 1 saturated heterocycles. The Morgan fingerprint density at radius 3 is 2.83 bits per heavy atom. The van der Waals surface area contributed by atoms with Crippen LogP contribution in [0.15, 0.2) is 36.4 Å². The van der Waals surface area contributed by atoms with Crippen molar-refractivity contribution in [1.82, 2.24) is 15.1 Å². The second-order valence-electron chi connectivity index (χ2n) is 7.81. The quantitative estimate of drug-likeness (QED) is 0.664. The fourth-order valence-electron chi connectivity index (χ4n) is 4.14. The van der Waals surface area contributed by atoms with Gasteiger partial charge in [-0.1, -0.05) is 24.3 Å². The Bertz CT molecular complexity index is 1100. The fourth-order valence-corrected chi connectivity index (χ4v) is 4.14.